The molecule has 2 heterocycles. The topological polar surface area (TPSA) is 62.2 Å². The molecule has 2 aromatic heterocycles. The normalized spacial score (nSPS) is 11.5. The summed E-state index contributed by atoms with van der Waals surface area (Å²) in [6.07, 6.45) is 0. The standard InChI is InChI=1S/C19H25N5OS2/c1-6-23(7-2)10-11-24(18(25)17-14(5)21-22-27-17)19-20-16-13(4)12(3)8-9-15(16)26-19/h8-9H,6-7,10-11H2,1-5H3. The van der Waals surface area contributed by atoms with E-state index in [9.17, 15) is 4.79 Å². The van der Waals surface area contributed by atoms with Gasteiger partial charge in [-0.1, -0.05) is 35.7 Å². The van der Waals surface area contributed by atoms with Gasteiger partial charge in [0.1, 0.15) is 4.88 Å². The van der Waals surface area contributed by atoms with Crippen LogP contribution in [0.4, 0.5) is 5.13 Å². The molecule has 0 bridgehead atoms. The zero-order valence-corrected chi connectivity index (χ0v) is 18.1. The second kappa shape index (κ2) is 8.41. The second-order valence-corrected chi connectivity index (χ2v) is 8.29. The number of anilines is 1. The average Bonchev–Trinajstić information content (AvgIpc) is 3.28. The number of aryl methyl sites for hydroxylation is 3. The Bertz CT molecular complexity index is 945. The summed E-state index contributed by atoms with van der Waals surface area (Å²) in [5.74, 6) is -0.0666. The molecule has 27 heavy (non-hydrogen) atoms. The summed E-state index contributed by atoms with van der Waals surface area (Å²) in [7, 11) is 0. The third kappa shape index (κ3) is 4.02. The molecule has 0 spiro atoms. The summed E-state index contributed by atoms with van der Waals surface area (Å²) < 4.78 is 5.04. The molecule has 0 aliphatic rings. The first kappa shape index (κ1) is 19.9. The highest BCUT2D eigenvalue weighted by Crippen LogP contribution is 2.33. The van der Waals surface area contributed by atoms with Crippen LogP contribution in [0.1, 0.15) is 40.3 Å². The lowest BCUT2D eigenvalue weighted by Crippen LogP contribution is -2.38. The third-order valence-electron chi connectivity index (χ3n) is 4.93. The van der Waals surface area contributed by atoms with Crippen LogP contribution in [0.5, 0.6) is 0 Å². The number of nitrogens with zero attached hydrogens (tertiary/aromatic N) is 5. The predicted octanol–water partition coefficient (Wildman–Crippen LogP) is 4.06. The van der Waals surface area contributed by atoms with Gasteiger partial charge < -0.3 is 4.90 Å². The van der Waals surface area contributed by atoms with Gasteiger partial charge in [0.2, 0.25) is 0 Å². The van der Waals surface area contributed by atoms with Crippen molar-refractivity contribution in [1.29, 1.82) is 0 Å². The molecular weight excluding hydrogens is 378 g/mol. The lowest BCUT2D eigenvalue weighted by Gasteiger charge is -2.24. The van der Waals surface area contributed by atoms with Crippen molar-refractivity contribution in [1.82, 2.24) is 19.5 Å². The van der Waals surface area contributed by atoms with Gasteiger partial charge in [0.05, 0.1) is 15.9 Å². The van der Waals surface area contributed by atoms with Crippen molar-refractivity contribution >= 4 is 44.1 Å². The van der Waals surface area contributed by atoms with Crippen molar-refractivity contribution in [3.05, 3.63) is 33.8 Å². The van der Waals surface area contributed by atoms with E-state index < -0.39 is 0 Å². The number of thiazole rings is 1. The summed E-state index contributed by atoms with van der Waals surface area (Å²) in [5, 5.41) is 4.74. The number of amides is 1. The van der Waals surface area contributed by atoms with Crippen LogP contribution in [0.3, 0.4) is 0 Å². The highest BCUT2D eigenvalue weighted by atomic mass is 32.1. The van der Waals surface area contributed by atoms with Crippen LogP contribution in [-0.4, -0.2) is 51.6 Å². The van der Waals surface area contributed by atoms with Crippen molar-refractivity contribution in [2.24, 2.45) is 0 Å². The SMILES string of the molecule is CCN(CC)CCN(C(=O)c1snnc1C)c1nc2c(C)c(C)ccc2s1. The molecule has 0 unspecified atom stereocenters. The molecule has 3 rings (SSSR count). The van der Waals surface area contributed by atoms with Crippen molar-refractivity contribution in [3.8, 4) is 0 Å². The molecule has 8 heteroatoms. The van der Waals surface area contributed by atoms with Crippen LogP contribution in [-0.2, 0) is 0 Å². The van der Waals surface area contributed by atoms with Gasteiger partial charge in [0.25, 0.3) is 5.91 Å². The van der Waals surface area contributed by atoms with Gasteiger partial charge in [-0.15, -0.1) is 5.10 Å². The molecule has 0 N–H and O–H groups in total. The van der Waals surface area contributed by atoms with Gasteiger partial charge in [0, 0.05) is 13.1 Å². The predicted molar refractivity (Wildman–Crippen MR) is 113 cm³/mol. The molecule has 0 saturated carbocycles. The minimum absolute atomic E-state index is 0.0666. The number of benzene rings is 1. The maximum Gasteiger partial charge on any atom is 0.273 e. The van der Waals surface area contributed by atoms with Gasteiger partial charge in [-0.3, -0.25) is 9.69 Å². The van der Waals surface area contributed by atoms with Crippen molar-refractivity contribution < 1.29 is 4.79 Å². The van der Waals surface area contributed by atoms with E-state index in [1.807, 2.05) is 6.92 Å². The van der Waals surface area contributed by atoms with E-state index in [1.54, 1.807) is 16.2 Å². The Morgan fingerprint density at radius 1 is 1.11 bits per heavy atom. The zero-order valence-electron chi connectivity index (χ0n) is 16.4. The fourth-order valence-electron chi connectivity index (χ4n) is 2.95. The molecule has 1 aromatic carbocycles. The van der Waals surface area contributed by atoms with Crippen LogP contribution in [0.2, 0.25) is 0 Å². The van der Waals surface area contributed by atoms with Gasteiger partial charge in [-0.2, -0.15) is 0 Å². The summed E-state index contributed by atoms with van der Waals surface area (Å²) in [4.78, 5) is 22.8. The van der Waals surface area contributed by atoms with Gasteiger partial charge in [-0.05, 0) is 62.6 Å². The second-order valence-electron chi connectivity index (χ2n) is 6.52. The smallest absolute Gasteiger partial charge is 0.273 e. The highest BCUT2D eigenvalue weighted by molar-refractivity contribution is 7.22. The first-order chi connectivity index (χ1) is 13.0. The van der Waals surface area contributed by atoms with E-state index in [0.29, 0.717) is 17.1 Å². The average molecular weight is 404 g/mol. The van der Waals surface area contributed by atoms with E-state index in [2.05, 4.69) is 54.3 Å². The molecule has 0 fully saturated rings. The van der Waals surface area contributed by atoms with Crippen LogP contribution in [0.25, 0.3) is 10.2 Å². The number of carbonyl (C=O) groups excluding carboxylic acids is 1. The number of hydrogen-bond acceptors (Lipinski definition) is 7. The van der Waals surface area contributed by atoms with E-state index in [4.69, 9.17) is 4.98 Å². The Kier molecular flexibility index (Phi) is 6.18. The molecule has 0 saturated heterocycles. The largest absolute Gasteiger partial charge is 0.302 e. The molecule has 0 aliphatic heterocycles. The lowest BCUT2D eigenvalue weighted by atomic mass is 10.1. The number of hydrogen-bond donors (Lipinski definition) is 0. The van der Waals surface area contributed by atoms with Gasteiger partial charge in [0.15, 0.2) is 5.13 Å². The number of likely N-dealkylation sites (N-methyl/N-ethyl adjacent to an activating group) is 1. The number of rotatable bonds is 7. The summed E-state index contributed by atoms with van der Waals surface area (Å²) in [6.45, 7) is 13.6. The minimum Gasteiger partial charge on any atom is -0.302 e. The Hall–Kier alpha value is -1.90. The van der Waals surface area contributed by atoms with E-state index >= 15 is 0 Å². The highest BCUT2D eigenvalue weighted by Gasteiger charge is 2.25. The quantitative estimate of drug-likeness (QED) is 0.595. The first-order valence-electron chi connectivity index (χ1n) is 9.16. The molecular formula is C19H25N5OS2. The van der Waals surface area contributed by atoms with E-state index in [1.165, 1.54) is 11.1 Å². The Labute approximate surface area is 168 Å². The molecule has 0 radical (unpaired) electrons. The Morgan fingerprint density at radius 3 is 2.48 bits per heavy atom. The monoisotopic (exact) mass is 403 g/mol. The molecule has 0 atom stereocenters. The van der Waals surface area contributed by atoms with Crippen LogP contribution in [0.15, 0.2) is 12.1 Å². The van der Waals surface area contributed by atoms with Crippen molar-refractivity contribution in [2.45, 2.75) is 34.6 Å². The number of fused-ring (bicyclic) bond motifs is 1. The maximum atomic E-state index is 13.2. The molecule has 144 valence electrons. The van der Waals surface area contributed by atoms with E-state index in [-0.39, 0.29) is 5.91 Å². The molecule has 6 nitrogen and oxygen atoms in total. The number of carbonyl (C=O) groups is 1. The zero-order chi connectivity index (χ0) is 19.6. The molecule has 0 aliphatic carbocycles. The summed E-state index contributed by atoms with van der Waals surface area (Å²) in [5.41, 5.74) is 4.03. The molecule has 1 amide bonds. The number of aromatic nitrogens is 3. The fraction of sp³-hybridized carbons (Fsp3) is 0.474. The van der Waals surface area contributed by atoms with Gasteiger partial charge in [-0.25, -0.2) is 4.98 Å². The summed E-state index contributed by atoms with van der Waals surface area (Å²) >= 11 is 2.72. The Morgan fingerprint density at radius 2 is 1.85 bits per heavy atom. The first-order valence-corrected chi connectivity index (χ1v) is 10.7. The fourth-order valence-corrected chi connectivity index (χ4v) is 4.60. The van der Waals surface area contributed by atoms with Crippen LogP contribution in [0, 0.1) is 20.8 Å². The van der Waals surface area contributed by atoms with Crippen LogP contribution >= 0.6 is 22.9 Å². The van der Waals surface area contributed by atoms with Crippen molar-refractivity contribution in [2.75, 3.05) is 31.1 Å². The maximum absolute atomic E-state index is 13.2. The van der Waals surface area contributed by atoms with Gasteiger partial charge >= 0.3 is 0 Å². The van der Waals surface area contributed by atoms with Crippen molar-refractivity contribution in [3.63, 3.8) is 0 Å². The summed E-state index contributed by atoms with van der Waals surface area (Å²) in [6, 6.07) is 4.20. The van der Waals surface area contributed by atoms with Crippen LogP contribution < -0.4 is 4.90 Å². The molecule has 3 aromatic rings. The minimum atomic E-state index is -0.0666. The Balaban J connectivity index is 1.99. The lowest BCUT2D eigenvalue weighted by molar-refractivity contribution is 0.0987. The van der Waals surface area contributed by atoms with E-state index in [0.717, 1.165) is 46.5 Å². The third-order valence-corrected chi connectivity index (χ3v) is 6.79.